The molecule has 0 spiro atoms. The van der Waals surface area contributed by atoms with Gasteiger partial charge in [-0.05, 0) is 142 Å². The first kappa shape index (κ1) is 71.6. The van der Waals surface area contributed by atoms with Crippen molar-refractivity contribution >= 4 is 65.1 Å². The number of amides is 7. The molecular weight excluding hydrogens is 1110 g/mol. The number of carbonyl (C=O) groups excluding carboxylic acids is 9. The number of hydrogen-bond donors (Lipinski definition) is 6. The van der Waals surface area contributed by atoms with Crippen molar-refractivity contribution in [2.45, 2.75) is 200 Å². The molecule has 0 aliphatic heterocycles. The fourth-order valence-electron chi connectivity index (χ4n) is 8.48. The Balaban J connectivity index is 1.57. The summed E-state index contributed by atoms with van der Waals surface area (Å²) < 4.78 is 16.6. The Morgan fingerprint density at radius 3 is 1.61 bits per heavy atom. The molecule has 0 bridgehead atoms. The van der Waals surface area contributed by atoms with Gasteiger partial charge in [-0.15, -0.1) is 0 Å². The van der Waals surface area contributed by atoms with Crippen LogP contribution in [0.4, 0.5) is 4.79 Å². The number of rotatable bonds is 35. The van der Waals surface area contributed by atoms with Crippen LogP contribution in [0.25, 0.3) is 10.4 Å². The Labute approximate surface area is 505 Å². The van der Waals surface area contributed by atoms with Gasteiger partial charge in [0.15, 0.2) is 0 Å². The van der Waals surface area contributed by atoms with Gasteiger partial charge in [-0.25, -0.2) is 14.4 Å². The monoisotopic (exact) mass is 1200 g/mol. The van der Waals surface area contributed by atoms with Crippen LogP contribution in [0.5, 0.6) is 0 Å². The first-order valence-electron chi connectivity index (χ1n) is 29.1. The minimum Gasteiger partial charge on any atom is -0.460 e. The van der Waals surface area contributed by atoms with E-state index in [1.165, 1.54) is 0 Å². The van der Waals surface area contributed by atoms with Crippen molar-refractivity contribution in [3.05, 3.63) is 117 Å². The Bertz CT molecular complexity index is 2670. The second-order valence-corrected chi connectivity index (χ2v) is 24.1. The summed E-state index contributed by atoms with van der Waals surface area (Å²) in [5.74, 6) is -4.06. The molecule has 22 nitrogen and oxygen atoms in total. The molecule has 85 heavy (non-hydrogen) atoms. The molecule has 0 aliphatic carbocycles. The summed E-state index contributed by atoms with van der Waals surface area (Å²) in [7, 11) is 0. The summed E-state index contributed by atoms with van der Waals surface area (Å²) >= 11 is 6.17. The van der Waals surface area contributed by atoms with Crippen molar-refractivity contribution in [2.24, 2.45) is 5.11 Å². The molecule has 7 amide bonds. The van der Waals surface area contributed by atoms with Crippen LogP contribution in [-0.2, 0) is 72.0 Å². The van der Waals surface area contributed by atoms with Crippen LogP contribution in [0.1, 0.15) is 156 Å². The molecule has 3 aromatic carbocycles. The summed E-state index contributed by atoms with van der Waals surface area (Å²) in [5, 5.41) is 20.5. The van der Waals surface area contributed by atoms with Crippen molar-refractivity contribution in [3.63, 3.8) is 0 Å². The number of nitrogens with one attached hydrogen (secondary N) is 6. The molecular formula is C62H89ClN10O12. The van der Waals surface area contributed by atoms with Crippen LogP contribution in [0.15, 0.2) is 90.0 Å². The van der Waals surface area contributed by atoms with E-state index >= 15 is 0 Å². The Morgan fingerprint density at radius 2 is 1.06 bits per heavy atom. The van der Waals surface area contributed by atoms with Crippen molar-refractivity contribution in [1.82, 2.24) is 36.8 Å². The summed E-state index contributed by atoms with van der Waals surface area (Å²) in [5.41, 5.74) is 8.46. The zero-order valence-corrected chi connectivity index (χ0v) is 51.6. The number of azide groups is 1. The van der Waals surface area contributed by atoms with Crippen molar-refractivity contribution < 1.29 is 57.4 Å². The zero-order chi connectivity index (χ0) is 63.0. The van der Waals surface area contributed by atoms with Crippen LogP contribution in [0.2, 0.25) is 5.02 Å². The maximum atomic E-state index is 13.9. The van der Waals surface area contributed by atoms with Gasteiger partial charge in [0.25, 0.3) is 0 Å². The minimum absolute atomic E-state index is 0.112. The first-order chi connectivity index (χ1) is 40.1. The Hall–Kier alpha value is -7.71. The van der Waals surface area contributed by atoms with Gasteiger partial charge in [0.1, 0.15) is 41.0 Å². The van der Waals surface area contributed by atoms with E-state index < -0.39 is 82.6 Å². The largest absolute Gasteiger partial charge is 0.460 e. The lowest BCUT2D eigenvalue weighted by Gasteiger charge is -2.27. The number of esters is 3. The lowest BCUT2D eigenvalue weighted by molar-refractivity contribution is -0.159. The predicted molar refractivity (Wildman–Crippen MR) is 323 cm³/mol. The molecule has 0 saturated carbocycles. The average molecular weight is 1200 g/mol. The third-order valence-electron chi connectivity index (χ3n) is 12.5. The second-order valence-electron chi connectivity index (χ2n) is 23.7. The van der Waals surface area contributed by atoms with Crippen LogP contribution < -0.4 is 31.9 Å². The van der Waals surface area contributed by atoms with E-state index in [1.807, 2.05) is 72.8 Å². The molecule has 0 saturated heterocycles. The SMILES string of the molecule is CC(C)(C)OC(=O)CC[C@H](NC(=O)N[C@@H](CCCCN(Cc1ccc(Cl)cc1)C(=O)CCCCCNC(=O)CCC(=O)N[C@H](Cc1ccccc1)C(=O)N[C@H](Cc1ccccc1)C(=O)NCCCN=[N+]=[N-])C(=O)OC(C)(C)C)C(=O)OC(C)(C)C. The van der Waals surface area contributed by atoms with Gasteiger partial charge < -0.3 is 51.0 Å². The zero-order valence-electron chi connectivity index (χ0n) is 50.9. The van der Waals surface area contributed by atoms with Crippen LogP contribution in [0, 0.1) is 0 Å². The van der Waals surface area contributed by atoms with E-state index in [9.17, 15) is 43.2 Å². The molecule has 0 radical (unpaired) electrons. The topological polar surface area (TPSA) is 306 Å². The fraction of sp³-hybridized carbons (Fsp3) is 0.565. The van der Waals surface area contributed by atoms with E-state index in [1.54, 1.807) is 79.3 Å². The smallest absolute Gasteiger partial charge is 0.329 e. The molecule has 0 fully saturated rings. The fourth-order valence-corrected chi connectivity index (χ4v) is 8.60. The summed E-state index contributed by atoms with van der Waals surface area (Å²) in [6.07, 6.45) is 2.89. The first-order valence-corrected chi connectivity index (χ1v) is 29.5. The third-order valence-corrected chi connectivity index (χ3v) is 12.7. The summed E-state index contributed by atoms with van der Waals surface area (Å²) in [6, 6.07) is 20.1. The molecule has 3 rings (SSSR count). The van der Waals surface area contributed by atoms with Gasteiger partial charge >= 0.3 is 23.9 Å². The number of nitrogens with zero attached hydrogens (tertiary/aromatic N) is 4. The van der Waals surface area contributed by atoms with Crippen LogP contribution in [-0.4, -0.2) is 126 Å². The molecule has 4 atom stereocenters. The number of ether oxygens (including phenoxy) is 3. The highest BCUT2D eigenvalue weighted by Crippen LogP contribution is 2.18. The number of benzene rings is 3. The van der Waals surface area contributed by atoms with Crippen LogP contribution >= 0.6 is 11.6 Å². The van der Waals surface area contributed by atoms with Crippen molar-refractivity contribution in [1.29, 1.82) is 0 Å². The molecule has 0 aliphatic rings. The third kappa shape index (κ3) is 32.2. The van der Waals surface area contributed by atoms with E-state index in [0.717, 1.165) is 16.7 Å². The van der Waals surface area contributed by atoms with Gasteiger partial charge in [0.2, 0.25) is 29.5 Å². The Morgan fingerprint density at radius 1 is 0.529 bits per heavy atom. The number of unbranched alkanes of at least 4 members (excludes halogenated alkanes) is 3. The van der Waals surface area contributed by atoms with E-state index in [4.69, 9.17) is 31.3 Å². The van der Waals surface area contributed by atoms with Gasteiger partial charge in [-0.2, -0.15) is 0 Å². The van der Waals surface area contributed by atoms with Crippen molar-refractivity contribution in [2.75, 3.05) is 26.2 Å². The predicted octanol–water partition coefficient (Wildman–Crippen LogP) is 8.41. The molecule has 3 aromatic rings. The van der Waals surface area contributed by atoms with E-state index in [-0.39, 0.29) is 82.8 Å². The molecule has 23 heteroatoms. The highest BCUT2D eigenvalue weighted by Gasteiger charge is 2.32. The molecule has 0 heterocycles. The minimum atomic E-state index is -1.25. The molecule has 466 valence electrons. The lowest BCUT2D eigenvalue weighted by Crippen LogP contribution is -2.55. The highest BCUT2D eigenvalue weighted by molar-refractivity contribution is 6.30. The summed E-state index contributed by atoms with van der Waals surface area (Å²) in [4.78, 5) is 125. The Kier molecular flexibility index (Phi) is 31.0. The number of carbonyl (C=O) groups is 9. The summed E-state index contributed by atoms with van der Waals surface area (Å²) in [6.45, 7) is 16.6. The molecule has 0 unspecified atom stereocenters. The normalized spacial score (nSPS) is 12.8. The highest BCUT2D eigenvalue weighted by atomic mass is 35.5. The number of urea groups is 1. The lowest BCUT2D eigenvalue weighted by atomic mass is 10.0. The molecule has 6 N–H and O–H groups in total. The van der Waals surface area contributed by atoms with Gasteiger partial charge in [-0.1, -0.05) is 95.9 Å². The number of halogens is 1. The van der Waals surface area contributed by atoms with Gasteiger partial charge in [0.05, 0.1) is 0 Å². The maximum absolute atomic E-state index is 13.9. The van der Waals surface area contributed by atoms with E-state index in [0.29, 0.717) is 56.6 Å². The standard InChI is InChI=1S/C62H89ClN10O12/c1-60(2,3)83-54(77)35-32-48(58(81)85-62(7,8)9)71-59(82)70-47(57(80)84-61(4,5)6)26-18-20-39-73(42-45-28-30-46(63)31-29-45)53(76)27-17-12-19-36-65-51(74)33-34-52(75)68-50(41-44-24-15-11-16-25-44)56(79)69-49(40-43-22-13-10-14-23-43)55(78)66-37-21-38-67-72-64/h10-11,13-16,22-25,28-31,47-50H,12,17-21,26-27,32-42H2,1-9H3,(H,65,74)(H,66,78)(H,68,75)(H,69,79)(H2,70,71,82)/t47-,48-,49+,50+/m0/s1. The van der Waals surface area contributed by atoms with Crippen LogP contribution in [0.3, 0.4) is 0 Å². The quantitative estimate of drug-likeness (QED) is 0.00808. The maximum Gasteiger partial charge on any atom is 0.329 e. The van der Waals surface area contributed by atoms with Crippen molar-refractivity contribution in [3.8, 4) is 0 Å². The van der Waals surface area contributed by atoms with Gasteiger partial charge in [-0.3, -0.25) is 28.8 Å². The van der Waals surface area contributed by atoms with Gasteiger partial charge in [0, 0.05) is 81.2 Å². The number of hydrogen-bond acceptors (Lipinski definition) is 13. The molecule has 0 aromatic heterocycles. The average Bonchev–Trinajstić information content (AvgIpc) is 3.64. The second kappa shape index (κ2) is 36.9. The van der Waals surface area contributed by atoms with E-state index in [2.05, 4.69) is 41.9 Å².